The fourth-order valence-electron chi connectivity index (χ4n) is 2.09. The molecule has 1 aliphatic carbocycles. The zero-order valence-electron chi connectivity index (χ0n) is 10.7. The summed E-state index contributed by atoms with van der Waals surface area (Å²) >= 11 is 5.81. The molecular weight excluding hydrogens is 284 g/mol. The normalized spacial score (nSPS) is 15.0. The first-order chi connectivity index (χ1) is 9.65. The van der Waals surface area contributed by atoms with Crippen molar-refractivity contribution in [1.82, 2.24) is 15.1 Å². The maximum Gasteiger partial charge on any atom is 0.280 e. The molecule has 2 aromatic rings. The molecule has 0 spiro atoms. The van der Waals surface area contributed by atoms with Gasteiger partial charge in [0.1, 0.15) is 5.69 Å². The highest BCUT2D eigenvalue weighted by molar-refractivity contribution is 6.30. The summed E-state index contributed by atoms with van der Waals surface area (Å²) in [5, 5.41) is 7.89. The fourth-order valence-corrected chi connectivity index (χ4v) is 2.22. The Morgan fingerprint density at radius 3 is 2.60 bits per heavy atom. The van der Waals surface area contributed by atoms with Crippen molar-refractivity contribution in [1.29, 1.82) is 0 Å². The van der Waals surface area contributed by atoms with Gasteiger partial charge in [-0.15, -0.1) is 0 Å². The van der Waals surface area contributed by atoms with Crippen LogP contribution in [0.4, 0.5) is 8.78 Å². The zero-order chi connectivity index (χ0) is 14.1. The number of hydrogen-bond donors (Lipinski definition) is 1. The molecule has 20 heavy (non-hydrogen) atoms. The van der Waals surface area contributed by atoms with E-state index >= 15 is 0 Å². The molecule has 0 radical (unpaired) electrons. The van der Waals surface area contributed by atoms with E-state index in [9.17, 15) is 8.78 Å². The molecule has 0 bridgehead atoms. The minimum Gasteiger partial charge on any atom is -0.310 e. The van der Waals surface area contributed by atoms with Gasteiger partial charge >= 0.3 is 0 Å². The lowest BCUT2D eigenvalue weighted by Gasteiger charge is -2.09. The molecule has 3 nitrogen and oxygen atoms in total. The number of nitrogens with one attached hydrogen (secondary N) is 1. The van der Waals surface area contributed by atoms with Crippen molar-refractivity contribution < 1.29 is 8.78 Å². The molecular formula is C14H14ClF2N3. The van der Waals surface area contributed by atoms with E-state index < -0.39 is 6.43 Å². The maximum absolute atomic E-state index is 13.3. The van der Waals surface area contributed by atoms with Gasteiger partial charge < -0.3 is 5.32 Å². The quantitative estimate of drug-likeness (QED) is 0.911. The Morgan fingerprint density at radius 2 is 2.00 bits per heavy atom. The molecule has 106 valence electrons. The highest BCUT2D eigenvalue weighted by atomic mass is 35.5. The van der Waals surface area contributed by atoms with Crippen molar-refractivity contribution >= 4 is 11.6 Å². The van der Waals surface area contributed by atoms with Crippen molar-refractivity contribution in [3.05, 3.63) is 46.7 Å². The smallest absolute Gasteiger partial charge is 0.280 e. The monoisotopic (exact) mass is 297 g/mol. The minimum absolute atomic E-state index is 0.0551. The number of hydrogen-bond acceptors (Lipinski definition) is 2. The molecule has 1 aromatic heterocycles. The summed E-state index contributed by atoms with van der Waals surface area (Å²) in [7, 11) is 0. The van der Waals surface area contributed by atoms with Gasteiger partial charge in [0, 0.05) is 23.2 Å². The molecule has 0 saturated heterocycles. The molecule has 1 fully saturated rings. The topological polar surface area (TPSA) is 29.9 Å². The Bertz CT molecular complexity index is 591. The van der Waals surface area contributed by atoms with Crippen molar-refractivity contribution in [3.8, 4) is 5.69 Å². The Hall–Kier alpha value is -1.46. The Kier molecular flexibility index (Phi) is 3.72. The molecule has 0 atom stereocenters. The van der Waals surface area contributed by atoms with Gasteiger partial charge in [-0.1, -0.05) is 11.6 Å². The second-order valence-corrected chi connectivity index (χ2v) is 5.34. The summed E-state index contributed by atoms with van der Waals surface area (Å²) in [6.45, 7) is 0.429. The van der Waals surface area contributed by atoms with Crippen LogP contribution >= 0.6 is 11.6 Å². The number of nitrogens with zero attached hydrogens (tertiary/aromatic N) is 2. The van der Waals surface area contributed by atoms with Crippen LogP contribution in [0.5, 0.6) is 0 Å². The number of benzene rings is 1. The average molecular weight is 298 g/mol. The van der Waals surface area contributed by atoms with E-state index in [4.69, 9.17) is 11.6 Å². The lowest BCUT2D eigenvalue weighted by molar-refractivity contribution is 0.141. The number of aromatic nitrogens is 2. The Labute approximate surface area is 120 Å². The molecule has 0 amide bonds. The van der Waals surface area contributed by atoms with Crippen LogP contribution in [-0.2, 0) is 6.54 Å². The van der Waals surface area contributed by atoms with Crippen LogP contribution in [0.25, 0.3) is 5.69 Å². The highest BCUT2D eigenvalue weighted by Gasteiger charge is 2.24. The SMILES string of the molecule is FC(F)c1c(CNC2CC2)cnn1-c1ccc(Cl)cc1. The van der Waals surface area contributed by atoms with E-state index in [0.717, 1.165) is 12.8 Å². The molecule has 0 aliphatic heterocycles. The van der Waals surface area contributed by atoms with Crippen LogP contribution < -0.4 is 5.32 Å². The zero-order valence-corrected chi connectivity index (χ0v) is 11.4. The average Bonchev–Trinajstić information content (AvgIpc) is 3.15. The molecule has 1 aliphatic rings. The second-order valence-electron chi connectivity index (χ2n) is 4.90. The van der Waals surface area contributed by atoms with Gasteiger partial charge in [-0.05, 0) is 37.1 Å². The summed E-state index contributed by atoms with van der Waals surface area (Å²) < 4.78 is 27.9. The fraction of sp³-hybridized carbons (Fsp3) is 0.357. The van der Waals surface area contributed by atoms with Gasteiger partial charge in [0.15, 0.2) is 0 Å². The third-order valence-corrected chi connectivity index (χ3v) is 3.57. The second kappa shape index (κ2) is 5.50. The van der Waals surface area contributed by atoms with Crippen LogP contribution in [0.1, 0.15) is 30.5 Å². The highest BCUT2D eigenvalue weighted by Crippen LogP contribution is 2.27. The number of halogens is 3. The summed E-state index contributed by atoms with van der Waals surface area (Å²) in [6.07, 6.45) is 1.18. The maximum atomic E-state index is 13.3. The summed E-state index contributed by atoms with van der Waals surface area (Å²) in [5.74, 6) is 0. The third-order valence-electron chi connectivity index (χ3n) is 3.32. The van der Waals surface area contributed by atoms with Crippen molar-refractivity contribution in [2.75, 3.05) is 0 Å². The summed E-state index contributed by atoms with van der Waals surface area (Å²) in [6, 6.07) is 7.16. The number of alkyl halides is 2. The molecule has 3 rings (SSSR count). The molecule has 1 saturated carbocycles. The van der Waals surface area contributed by atoms with Crippen LogP contribution in [0, 0.1) is 0 Å². The lowest BCUT2D eigenvalue weighted by Crippen LogP contribution is -2.16. The van der Waals surface area contributed by atoms with Crippen molar-refractivity contribution in [2.24, 2.45) is 0 Å². The predicted molar refractivity (Wildman–Crippen MR) is 73.4 cm³/mol. The first-order valence-corrected chi connectivity index (χ1v) is 6.87. The molecule has 1 heterocycles. The first kappa shape index (κ1) is 13.5. The van der Waals surface area contributed by atoms with Gasteiger partial charge in [0.2, 0.25) is 0 Å². The summed E-state index contributed by atoms with van der Waals surface area (Å²) in [4.78, 5) is 0. The number of rotatable bonds is 5. The Balaban J connectivity index is 1.91. The third kappa shape index (κ3) is 2.83. The molecule has 1 N–H and O–H groups in total. The molecule has 6 heteroatoms. The van der Waals surface area contributed by atoms with E-state index in [-0.39, 0.29) is 5.69 Å². The van der Waals surface area contributed by atoms with Gasteiger partial charge in [-0.3, -0.25) is 0 Å². The van der Waals surface area contributed by atoms with Crippen LogP contribution in [0.15, 0.2) is 30.5 Å². The lowest BCUT2D eigenvalue weighted by atomic mass is 10.2. The van der Waals surface area contributed by atoms with Crippen LogP contribution in [-0.4, -0.2) is 15.8 Å². The van der Waals surface area contributed by atoms with Gasteiger partial charge in [-0.25, -0.2) is 13.5 Å². The van der Waals surface area contributed by atoms with Crippen LogP contribution in [0.3, 0.4) is 0 Å². The van der Waals surface area contributed by atoms with Gasteiger partial charge in [0.25, 0.3) is 6.43 Å². The van der Waals surface area contributed by atoms with E-state index in [1.54, 1.807) is 24.3 Å². The Morgan fingerprint density at radius 1 is 1.30 bits per heavy atom. The van der Waals surface area contributed by atoms with E-state index in [2.05, 4.69) is 10.4 Å². The summed E-state index contributed by atoms with van der Waals surface area (Å²) in [5.41, 5.74) is 1.07. The van der Waals surface area contributed by atoms with Crippen molar-refractivity contribution in [2.45, 2.75) is 31.9 Å². The van der Waals surface area contributed by atoms with E-state index in [1.165, 1.54) is 10.9 Å². The predicted octanol–water partition coefficient (Wildman–Crippen LogP) is 3.72. The van der Waals surface area contributed by atoms with E-state index in [1.807, 2.05) is 0 Å². The molecule has 0 unspecified atom stereocenters. The first-order valence-electron chi connectivity index (χ1n) is 6.49. The standard InChI is InChI=1S/C14H14ClF2N3/c15-10-1-5-12(6-2-10)20-13(14(16)17)9(8-19-20)7-18-11-3-4-11/h1-2,5-6,8,11,14,18H,3-4,7H2. The van der Waals surface area contributed by atoms with Gasteiger partial charge in [0.05, 0.1) is 11.9 Å². The van der Waals surface area contributed by atoms with E-state index in [0.29, 0.717) is 28.9 Å². The van der Waals surface area contributed by atoms with Crippen LogP contribution in [0.2, 0.25) is 5.02 Å². The largest absolute Gasteiger partial charge is 0.310 e. The minimum atomic E-state index is -2.57. The molecule has 1 aromatic carbocycles. The van der Waals surface area contributed by atoms with Crippen molar-refractivity contribution in [3.63, 3.8) is 0 Å². The van der Waals surface area contributed by atoms with Gasteiger partial charge in [-0.2, -0.15) is 5.10 Å².